The van der Waals surface area contributed by atoms with Crippen molar-refractivity contribution < 1.29 is 0 Å². The van der Waals surface area contributed by atoms with E-state index in [4.69, 9.17) is 9.98 Å². The van der Waals surface area contributed by atoms with Gasteiger partial charge in [-0.25, -0.2) is 9.98 Å². The van der Waals surface area contributed by atoms with E-state index in [-0.39, 0.29) is 6.17 Å². The van der Waals surface area contributed by atoms with Crippen molar-refractivity contribution in [1.82, 2.24) is 5.32 Å². The molecule has 0 bridgehead atoms. The lowest BCUT2D eigenvalue weighted by molar-refractivity contribution is 0.680. The van der Waals surface area contributed by atoms with Crippen molar-refractivity contribution in [3.63, 3.8) is 0 Å². The number of nitrogens with one attached hydrogen (secondary N) is 1. The van der Waals surface area contributed by atoms with E-state index in [1.54, 1.807) is 0 Å². The van der Waals surface area contributed by atoms with Gasteiger partial charge in [-0.05, 0) is 48.0 Å². The van der Waals surface area contributed by atoms with Gasteiger partial charge >= 0.3 is 0 Å². The highest BCUT2D eigenvalue weighted by atomic mass is 32.1. The summed E-state index contributed by atoms with van der Waals surface area (Å²) < 4.78 is 7.75. The fourth-order valence-corrected chi connectivity index (χ4v) is 11.1. The summed E-state index contributed by atoms with van der Waals surface area (Å²) in [5, 5.41) is 11.4. The van der Waals surface area contributed by atoms with E-state index in [0.717, 1.165) is 28.4 Å². The van der Waals surface area contributed by atoms with Gasteiger partial charge in [-0.3, -0.25) is 0 Å². The molecule has 11 rings (SSSR count). The molecule has 1 N–H and O–H groups in total. The van der Waals surface area contributed by atoms with Gasteiger partial charge in [0.1, 0.15) is 12.0 Å². The Kier molecular flexibility index (Phi) is 6.53. The van der Waals surface area contributed by atoms with E-state index in [2.05, 4.69) is 151 Å². The summed E-state index contributed by atoms with van der Waals surface area (Å²) in [5.41, 5.74) is 5.76. The predicted molar refractivity (Wildman–Crippen MR) is 222 cm³/mol. The molecule has 10 aromatic rings. The first-order chi connectivity index (χ1) is 25.3. The highest BCUT2D eigenvalue weighted by Gasteiger charge is 2.25. The highest BCUT2D eigenvalue weighted by molar-refractivity contribution is 7.27. The molecular weight excluding hydrogens is 679 g/mol. The van der Waals surface area contributed by atoms with Gasteiger partial charge in [0.2, 0.25) is 0 Å². The zero-order valence-corrected chi connectivity index (χ0v) is 29.6. The summed E-state index contributed by atoms with van der Waals surface area (Å²) in [6.07, 6.45) is -0.301. The molecule has 0 amide bonds. The summed E-state index contributed by atoms with van der Waals surface area (Å²) in [6, 6.07) is 54.7. The zero-order valence-electron chi connectivity index (χ0n) is 27.1. The second-order valence-corrected chi connectivity index (χ2v) is 16.1. The number of fused-ring (bicyclic) bond motifs is 9. The van der Waals surface area contributed by atoms with Crippen molar-refractivity contribution in [2.45, 2.75) is 6.17 Å². The van der Waals surface area contributed by atoms with Crippen LogP contribution in [0.25, 0.3) is 71.6 Å². The van der Waals surface area contributed by atoms with Crippen molar-refractivity contribution in [2.24, 2.45) is 9.98 Å². The van der Waals surface area contributed by atoms with Gasteiger partial charge in [0.05, 0.1) is 0 Å². The van der Waals surface area contributed by atoms with Crippen LogP contribution in [0.15, 0.2) is 162 Å². The Balaban J connectivity index is 1.12. The average Bonchev–Trinajstić information content (AvgIpc) is 3.89. The molecule has 1 aliphatic heterocycles. The summed E-state index contributed by atoms with van der Waals surface area (Å²) >= 11 is 5.57. The van der Waals surface area contributed by atoms with Gasteiger partial charge < -0.3 is 5.32 Å². The number of rotatable bonds is 4. The number of thiophene rings is 3. The quantitative estimate of drug-likeness (QED) is 0.194. The number of amidine groups is 2. The van der Waals surface area contributed by atoms with Crippen LogP contribution in [0.4, 0.5) is 0 Å². The molecule has 7 aromatic carbocycles. The number of hydrogen-bond donors (Lipinski definition) is 1. The topological polar surface area (TPSA) is 36.8 Å². The van der Waals surface area contributed by atoms with Crippen LogP contribution in [0, 0.1) is 0 Å². The molecule has 0 saturated heterocycles. The van der Waals surface area contributed by atoms with Crippen molar-refractivity contribution >= 4 is 106 Å². The maximum absolute atomic E-state index is 5.38. The number of hydrogen-bond acceptors (Lipinski definition) is 6. The third-order valence-electron chi connectivity index (χ3n) is 9.97. The minimum atomic E-state index is -0.301. The van der Waals surface area contributed by atoms with Crippen LogP contribution >= 0.6 is 34.0 Å². The van der Waals surface area contributed by atoms with Crippen LogP contribution in [0.3, 0.4) is 0 Å². The molecule has 3 aromatic heterocycles. The molecule has 1 aliphatic rings. The minimum Gasteiger partial charge on any atom is -0.344 e. The van der Waals surface area contributed by atoms with E-state index in [1.807, 2.05) is 40.1 Å². The summed E-state index contributed by atoms with van der Waals surface area (Å²) in [7, 11) is 0. The Morgan fingerprint density at radius 3 is 1.96 bits per heavy atom. The number of nitrogens with zero attached hydrogens (tertiary/aromatic N) is 2. The molecular formula is C45H27N3S3. The third kappa shape index (κ3) is 4.61. The summed E-state index contributed by atoms with van der Waals surface area (Å²) in [5.74, 6) is 1.56. The second-order valence-electron chi connectivity index (χ2n) is 12.9. The molecule has 3 nitrogen and oxygen atoms in total. The Hall–Kier alpha value is -5.66. The van der Waals surface area contributed by atoms with Crippen LogP contribution in [0.1, 0.15) is 22.9 Å². The molecule has 240 valence electrons. The van der Waals surface area contributed by atoms with E-state index < -0.39 is 0 Å². The molecule has 1 atom stereocenters. The molecule has 51 heavy (non-hydrogen) atoms. The lowest BCUT2D eigenvalue weighted by Gasteiger charge is -2.24. The molecule has 0 radical (unpaired) electrons. The first kappa shape index (κ1) is 29.1. The Labute approximate surface area is 305 Å². The number of aliphatic imine (C=N–C) groups is 2. The Morgan fingerprint density at radius 1 is 0.451 bits per heavy atom. The van der Waals surface area contributed by atoms with Crippen molar-refractivity contribution in [1.29, 1.82) is 0 Å². The van der Waals surface area contributed by atoms with Crippen molar-refractivity contribution in [2.75, 3.05) is 0 Å². The minimum absolute atomic E-state index is 0.301. The first-order valence-corrected chi connectivity index (χ1v) is 19.5. The molecule has 0 aliphatic carbocycles. The fourth-order valence-electron chi connectivity index (χ4n) is 7.66. The summed E-state index contributed by atoms with van der Waals surface area (Å²) in [4.78, 5) is 10.6. The van der Waals surface area contributed by atoms with Crippen LogP contribution < -0.4 is 5.32 Å². The van der Waals surface area contributed by atoms with Gasteiger partial charge in [-0.1, -0.05) is 109 Å². The number of benzene rings is 7. The predicted octanol–water partition coefficient (Wildman–Crippen LogP) is 13.0. The average molecular weight is 706 g/mol. The molecule has 1 unspecified atom stereocenters. The van der Waals surface area contributed by atoms with Crippen LogP contribution in [0.5, 0.6) is 0 Å². The lowest BCUT2D eigenvalue weighted by atomic mass is 9.97. The van der Waals surface area contributed by atoms with Gasteiger partial charge in [0.15, 0.2) is 5.84 Å². The van der Waals surface area contributed by atoms with E-state index in [0.29, 0.717) is 0 Å². The Bertz CT molecular complexity index is 3070. The van der Waals surface area contributed by atoms with E-state index in [9.17, 15) is 0 Å². The van der Waals surface area contributed by atoms with Crippen LogP contribution in [-0.4, -0.2) is 11.7 Å². The van der Waals surface area contributed by atoms with Gasteiger partial charge in [-0.15, -0.1) is 34.0 Å². The zero-order chi connectivity index (χ0) is 33.5. The molecule has 0 saturated carbocycles. The van der Waals surface area contributed by atoms with Gasteiger partial charge in [0.25, 0.3) is 0 Å². The monoisotopic (exact) mass is 705 g/mol. The maximum atomic E-state index is 5.38. The second kappa shape index (κ2) is 11.4. The smallest absolute Gasteiger partial charge is 0.159 e. The molecule has 0 spiro atoms. The SMILES string of the molecule is c1ccc(C2=NC(c3ccc4sc5cccc(-c6cccc7c6sc6ccccc67)c5c4c3)=NC(c3cccc4sc5ccccc5c34)N2)cc1. The maximum Gasteiger partial charge on any atom is 0.159 e. The van der Waals surface area contributed by atoms with Gasteiger partial charge in [0, 0.05) is 82.8 Å². The normalized spacial score (nSPS) is 14.9. The van der Waals surface area contributed by atoms with Crippen LogP contribution in [-0.2, 0) is 0 Å². The Morgan fingerprint density at radius 2 is 1.10 bits per heavy atom. The molecule has 4 heterocycles. The molecule has 0 fully saturated rings. The van der Waals surface area contributed by atoms with E-state index >= 15 is 0 Å². The van der Waals surface area contributed by atoms with Gasteiger partial charge in [-0.2, -0.15) is 0 Å². The van der Waals surface area contributed by atoms with Crippen molar-refractivity contribution in [3.05, 3.63) is 168 Å². The van der Waals surface area contributed by atoms with Crippen LogP contribution in [0.2, 0.25) is 0 Å². The first-order valence-electron chi connectivity index (χ1n) is 17.0. The summed E-state index contributed by atoms with van der Waals surface area (Å²) in [6.45, 7) is 0. The fraction of sp³-hybridized carbons (Fsp3) is 0.0222. The third-order valence-corrected chi connectivity index (χ3v) is 13.5. The largest absolute Gasteiger partial charge is 0.344 e. The molecule has 6 heteroatoms. The highest BCUT2D eigenvalue weighted by Crippen LogP contribution is 2.46. The van der Waals surface area contributed by atoms with E-state index in [1.165, 1.54) is 71.6 Å². The van der Waals surface area contributed by atoms with Crippen molar-refractivity contribution in [3.8, 4) is 11.1 Å². The standard InChI is InChI=1S/C45H27N3S3/c1-2-11-26(12-3-1)43-46-44(48-45(47-43)33-18-10-22-39-41(33)32-14-5-7-20-36(32)49-39)27-23-24-37-34(25-27)40-29(15-9-21-38(40)50-37)31-17-8-16-30-28-13-4-6-19-35(28)51-42(30)31/h1-25,45H,(H,46,47,48). The lowest BCUT2D eigenvalue weighted by Crippen LogP contribution is -2.33.